The lowest BCUT2D eigenvalue weighted by molar-refractivity contribution is -0.939. The molecule has 3 aliphatic heterocycles. The summed E-state index contributed by atoms with van der Waals surface area (Å²) in [7, 11) is 0. The fraction of sp³-hybridized carbons (Fsp3) is 0.517. The van der Waals surface area contributed by atoms with Gasteiger partial charge < -0.3 is 31.5 Å². The van der Waals surface area contributed by atoms with Crippen LogP contribution in [0.1, 0.15) is 56.9 Å². The fourth-order valence-electron chi connectivity index (χ4n) is 6.61. The van der Waals surface area contributed by atoms with E-state index in [-0.39, 0.29) is 47.2 Å². The normalized spacial score (nSPS) is 26.4. The topological polar surface area (TPSA) is 55.4 Å². The lowest BCUT2D eigenvalue weighted by Crippen LogP contribution is -3.00. The Bertz CT molecular complexity index is 1100. The molecular weight excluding hydrogens is 542 g/mol. The van der Waals surface area contributed by atoms with Crippen molar-refractivity contribution in [3.05, 3.63) is 65.7 Å². The molecule has 1 aliphatic carbocycles. The third-order valence-corrected chi connectivity index (χ3v) is 8.66. The van der Waals surface area contributed by atoms with Gasteiger partial charge in [0.15, 0.2) is 12.6 Å². The summed E-state index contributed by atoms with van der Waals surface area (Å²) in [4.78, 5) is 26.7. The number of hydrogen-bond acceptors (Lipinski definition) is 3. The molecule has 0 radical (unpaired) electrons. The van der Waals surface area contributed by atoms with Crippen molar-refractivity contribution in [1.29, 1.82) is 0 Å². The van der Waals surface area contributed by atoms with Crippen molar-refractivity contribution in [2.75, 3.05) is 31.5 Å². The maximum Gasteiger partial charge on any atom is 0.317 e. The summed E-state index contributed by atoms with van der Waals surface area (Å²) in [6.07, 6.45) is 7.43. The summed E-state index contributed by atoms with van der Waals surface area (Å²) in [5.41, 5.74) is 0.283. The first kappa shape index (κ1) is 27.7. The van der Waals surface area contributed by atoms with E-state index in [1.54, 1.807) is 0 Å². The molecular formula is C29H35BrF2N2O3. The van der Waals surface area contributed by atoms with Gasteiger partial charge in [-0.3, -0.25) is 9.59 Å². The van der Waals surface area contributed by atoms with E-state index >= 15 is 0 Å². The molecule has 5 nitrogen and oxygen atoms in total. The summed E-state index contributed by atoms with van der Waals surface area (Å²) in [5.74, 6) is -1.44. The van der Waals surface area contributed by atoms with Crippen LogP contribution in [0.2, 0.25) is 0 Å². The molecule has 2 aromatic rings. The smallest absolute Gasteiger partial charge is 0.317 e. The van der Waals surface area contributed by atoms with Crippen molar-refractivity contribution in [2.24, 2.45) is 5.92 Å². The second-order valence-electron chi connectivity index (χ2n) is 10.9. The highest BCUT2D eigenvalue weighted by Gasteiger charge is 2.51. The third kappa shape index (κ3) is 5.90. The van der Waals surface area contributed by atoms with Crippen LogP contribution in [0.3, 0.4) is 0 Å². The Labute approximate surface area is 227 Å². The fourth-order valence-corrected chi connectivity index (χ4v) is 6.61. The first-order chi connectivity index (χ1) is 17.4. The minimum Gasteiger partial charge on any atom is -1.00 e. The van der Waals surface area contributed by atoms with Gasteiger partial charge >= 0.3 is 5.97 Å². The number of hydrogen-bond donors (Lipinski definition) is 1. The molecule has 3 saturated heterocycles. The average Bonchev–Trinajstić information content (AvgIpc) is 3.14. The molecule has 2 aromatic carbocycles. The average molecular weight is 578 g/mol. The van der Waals surface area contributed by atoms with Crippen LogP contribution in [0.4, 0.5) is 14.5 Å². The number of rotatable bonds is 6. The highest BCUT2D eigenvalue weighted by atomic mass is 79.9. The number of piperidine rings is 3. The van der Waals surface area contributed by atoms with Gasteiger partial charge in [0.05, 0.1) is 24.2 Å². The summed E-state index contributed by atoms with van der Waals surface area (Å²) in [5, 5.41) is 2.54. The molecule has 2 bridgehead atoms. The highest BCUT2D eigenvalue weighted by molar-refractivity contribution is 5.91. The van der Waals surface area contributed by atoms with Crippen LogP contribution in [0.25, 0.3) is 0 Å². The monoisotopic (exact) mass is 576 g/mol. The zero-order valence-corrected chi connectivity index (χ0v) is 22.7. The van der Waals surface area contributed by atoms with E-state index in [1.807, 2.05) is 30.3 Å². The van der Waals surface area contributed by atoms with E-state index in [1.165, 1.54) is 0 Å². The second-order valence-corrected chi connectivity index (χ2v) is 10.9. The molecule has 3 heterocycles. The Morgan fingerprint density at radius 2 is 1.65 bits per heavy atom. The molecule has 0 spiro atoms. The quantitative estimate of drug-likeness (QED) is 0.326. The molecule has 4 fully saturated rings. The maximum absolute atomic E-state index is 14.0. The number of esters is 1. The molecule has 8 heteroatoms. The van der Waals surface area contributed by atoms with Crippen LogP contribution in [-0.2, 0) is 19.7 Å². The van der Waals surface area contributed by atoms with Crippen molar-refractivity contribution in [3.63, 3.8) is 0 Å². The van der Waals surface area contributed by atoms with Crippen molar-refractivity contribution in [2.45, 2.75) is 62.9 Å². The Kier molecular flexibility index (Phi) is 8.69. The first-order valence-corrected chi connectivity index (χ1v) is 13.3. The number of amides is 1. The summed E-state index contributed by atoms with van der Waals surface area (Å²) in [6.45, 7) is 2.38. The first-order valence-electron chi connectivity index (χ1n) is 13.3. The molecule has 0 unspecified atom stereocenters. The molecule has 6 rings (SSSR count). The number of fused-ring (bicyclic) bond motifs is 3. The van der Waals surface area contributed by atoms with Gasteiger partial charge in [-0.2, -0.15) is 0 Å². The number of ether oxygens (including phenoxy) is 1. The zero-order valence-electron chi connectivity index (χ0n) is 21.1. The van der Waals surface area contributed by atoms with E-state index in [2.05, 4.69) is 5.32 Å². The van der Waals surface area contributed by atoms with E-state index < -0.39 is 17.0 Å². The van der Waals surface area contributed by atoms with Crippen molar-refractivity contribution in [3.8, 4) is 0 Å². The molecule has 1 amide bonds. The molecule has 1 N–H and O–H groups in total. The molecule has 4 aliphatic rings. The second kappa shape index (κ2) is 11.6. The minimum atomic E-state index is -0.663. The van der Waals surface area contributed by atoms with Crippen molar-refractivity contribution < 1.29 is 44.6 Å². The standard InChI is InChI=1S/C29H34F2N2O3.BrH/c30-23-10-11-24(31)25(18-23)32-27(34)20-33-16-12-21(13-17-33)26(19-33)36-28(35)29(14-6-1-2-7-15-29)22-8-4-3-5-9-22;/h3-5,8-11,18,21,26H,1-2,6-7,12-17,19-20H2;1H/t21?,26-,33?;/m0./s1. The minimum absolute atomic E-state index is 0. The van der Waals surface area contributed by atoms with Gasteiger partial charge in [-0.25, -0.2) is 8.78 Å². The van der Waals surface area contributed by atoms with Crippen molar-refractivity contribution >= 4 is 17.6 Å². The molecule has 0 aromatic heterocycles. The van der Waals surface area contributed by atoms with Crippen LogP contribution in [0.15, 0.2) is 48.5 Å². The number of nitrogens with one attached hydrogen (secondary N) is 1. The predicted octanol–water partition coefficient (Wildman–Crippen LogP) is 2.35. The summed E-state index contributed by atoms with van der Waals surface area (Å²) >= 11 is 0. The van der Waals surface area contributed by atoms with Crippen molar-refractivity contribution in [1.82, 2.24) is 0 Å². The Balaban J connectivity index is 0.00000320. The lowest BCUT2D eigenvalue weighted by atomic mass is 9.74. The molecule has 37 heavy (non-hydrogen) atoms. The van der Waals surface area contributed by atoms with Crippen LogP contribution in [0, 0.1) is 17.6 Å². The van der Waals surface area contributed by atoms with Gasteiger partial charge in [-0.1, -0.05) is 56.0 Å². The zero-order chi connectivity index (χ0) is 25.2. The highest BCUT2D eigenvalue weighted by Crippen LogP contribution is 2.42. The molecule has 1 atom stereocenters. The lowest BCUT2D eigenvalue weighted by Gasteiger charge is -2.52. The number of nitrogens with zero attached hydrogens (tertiary/aromatic N) is 1. The SMILES string of the molecule is O=C(C[N+]12CCC(CC1)[C@@H](OC(=O)C1(c3ccccc3)CCCCCC1)C2)Nc1cc(F)ccc1F.[Br-]. The summed E-state index contributed by atoms with van der Waals surface area (Å²) in [6, 6.07) is 13.1. The van der Waals surface area contributed by atoms with Gasteiger partial charge in [0.1, 0.15) is 18.2 Å². The van der Waals surface area contributed by atoms with Crippen LogP contribution in [-0.4, -0.2) is 48.6 Å². The van der Waals surface area contributed by atoms with E-state index in [0.717, 1.165) is 88.2 Å². The Morgan fingerprint density at radius 1 is 0.973 bits per heavy atom. The Hall–Kier alpha value is -2.32. The number of carbonyl (C=O) groups excluding carboxylic acids is 2. The molecule has 200 valence electrons. The van der Waals surface area contributed by atoms with Gasteiger partial charge in [0.2, 0.25) is 0 Å². The number of carbonyl (C=O) groups is 2. The summed E-state index contributed by atoms with van der Waals surface area (Å²) < 4.78 is 34.4. The van der Waals surface area contributed by atoms with Crippen LogP contribution < -0.4 is 22.3 Å². The van der Waals surface area contributed by atoms with Gasteiger partial charge in [0.25, 0.3) is 5.91 Å². The third-order valence-electron chi connectivity index (χ3n) is 8.66. The van der Waals surface area contributed by atoms with E-state index in [0.29, 0.717) is 16.9 Å². The number of anilines is 1. The number of halogens is 3. The van der Waals surface area contributed by atoms with E-state index in [4.69, 9.17) is 4.74 Å². The maximum atomic E-state index is 14.0. The van der Waals surface area contributed by atoms with Gasteiger partial charge in [-0.05, 0) is 30.5 Å². The van der Waals surface area contributed by atoms with Crippen LogP contribution in [0.5, 0.6) is 0 Å². The Morgan fingerprint density at radius 3 is 2.32 bits per heavy atom. The van der Waals surface area contributed by atoms with Gasteiger partial charge in [-0.15, -0.1) is 0 Å². The number of benzene rings is 2. The van der Waals surface area contributed by atoms with E-state index in [9.17, 15) is 18.4 Å². The largest absolute Gasteiger partial charge is 1.00 e. The molecule has 1 saturated carbocycles. The predicted molar refractivity (Wildman–Crippen MR) is 133 cm³/mol. The van der Waals surface area contributed by atoms with Gasteiger partial charge in [0, 0.05) is 24.8 Å². The number of quaternary nitrogens is 1. The van der Waals surface area contributed by atoms with Crippen LogP contribution >= 0.6 is 0 Å².